The Hall–Kier alpha value is -1.58. The molecule has 4 heteroatoms. The lowest BCUT2D eigenvalue weighted by Gasteiger charge is -1.93. The molecule has 0 aliphatic heterocycles. The standard InChI is InChI=1S/C12H18O4/c1-15-11(13)9-7-5-3-4-6-8-10-12(14)16-2/h7-10H,3-6H2,1-2H3/b9-7+,10-8+. The Morgan fingerprint density at radius 3 is 1.56 bits per heavy atom. The molecular weight excluding hydrogens is 208 g/mol. The number of hydrogen-bond acceptors (Lipinski definition) is 4. The van der Waals surface area contributed by atoms with Crippen molar-refractivity contribution in [2.75, 3.05) is 14.2 Å². The summed E-state index contributed by atoms with van der Waals surface area (Å²) in [6.45, 7) is 0. The van der Waals surface area contributed by atoms with Crippen LogP contribution in [0.5, 0.6) is 0 Å². The molecule has 0 aliphatic carbocycles. The maximum atomic E-state index is 10.7. The van der Waals surface area contributed by atoms with Gasteiger partial charge in [-0.1, -0.05) is 12.2 Å². The van der Waals surface area contributed by atoms with Crippen LogP contribution >= 0.6 is 0 Å². The Labute approximate surface area is 95.9 Å². The molecule has 16 heavy (non-hydrogen) atoms. The average molecular weight is 226 g/mol. The van der Waals surface area contributed by atoms with Crippen LogP contribution in [0, 0.1) is 0 Å². The Balaban J connectivity index is 3.41. The molecule has 0 saturated heterocycles. The molecule has 0 bridgehead atoms. The Morgan fingerprint density at radius 1 is 0.875 bits per heavy atom. The minimum atomic E-state index is -0.328. The first-order chi connectivity index (χ1) is 7.70. The molecule has 0 saturated carbocycles. The van der Waals surface area contributed by atoms with E-state index in [-0.39, 0.29) is 11.9 Å². The Bertz CT molecular complexity index is 238. The second-order valence-corrected chi connectivity index (χ2v) is 3.14. The van der Waals surface area contributed by atoms with Crippen molar-refractivity contribution in [2.45, 2.75) is 25.7 Å². The molecule has 0 rings (SSSR count). The van der Waals surface area contributed by atoms with Gasteiger partial charge in [0.15, 0.2) is 0 Å². The van der Waals surface area contributed by atoms with Crippen molar-refractivity contribution in [3.8, 4) is 0 Å². The lowest BCUT2D eigenvalue weighted by atomic mass is 10.2. The lowest BCUT2D eigenvalue weighted by molar-refractivity contribution is -0.135. The highest BCUT2D eigenvalue weighted by atomic mass is 16.5. The van der Waals surface area contributed by atoms with E-state index in [1.807, 2.05) is 0 Å². The van der Waals surface area contributed by atoms with E-state index in [2.05, 4.69) is 9.47 Å². The first kappa shape index (κ1) is 14.4. The highest BCUT2D eigenvalue weighted by molar-refractivity contribution is 5.82. The van der Waals surface area contributed by atoms with Crippen LogP contribution in [-0.2, 0) is 19.1 Å². The molecule has 0 radical (unpaired) electrons. The number of methoxy groups -OCH3 is 2. The van der Waals surface area contributed by atoms with Gasteiger partial charge in [-0.25, -0.2) is 9.59 Å². The van der Waals surface area contributed by atoms with Gasteiger partial charge in [0.2, 0.25) is 0 Å². The molecule has 0 aromatic rings. The monoisotopic (exact) mass is 226 g/mol. The zero-order valence-corrected chi connectivity index (χ0v) is 9.77. The van der Waals surface area contributed by atoms with Crippen molar-refractivity contribution in [1.82, 2.24) is 0 Å². The molecule has 0 heterocycles. The van der Waals surface area contributed by atoms with E-state index in [1.54, 1.807) is 12.2 Å². The highest BCUT2D eigenvalue weighted by Gasteiger charge is 1.91. The molecule has 0 aromatic carbocycles. The minimum Gasteiger partial charge on any atom is -0.466 e. The third-order valence-electron chi connectivity index (χ3n) is 1.90. The molecule has 0 aromatic heterocycles. The number of esters is 2. The molecule has 0 amide bonds. The maximum absolute atomic E-state index is 10.7. The largest absolute Gasteiger partial charge is 0.466 e. The first-order valence-electron chi connectivity index (χ1n) is 5.19. The predicted octanol–water partition coefficient (Wildman–Crippen LogP) is 2.01. The van der Waals surface area contributed by atoms with Crippen LogP contribution in [0.25, 0.3) is 0 Å². The van der Waals surface area contributed by atoms with Gasteiger partial charge in [-0.2, -0.15) is 0 Å². The zero-order valence-electron chi connectivity index (χ0n) is 9.77. The van der Waals surface area contributed by atoms with Crippen molar-refractivity contribution in [3.05, 3.63) is 24.3 Å². The summed E-state index contributed by atoms with van der Waals surface area (Å²) in [4.78, 5) is 21.4. The molecular formula is C12H18O4. The normalized spacial score (nSPS) is 10.9. The van der Waals surface area contributed by atoms with Gasteiger partial charge in [0.05, 0.1) is 14.2 Å². The fourth-order valence-electron chi connectivity index (χ4n) is 1.02. The van der Waals surface area contributed by atoms with E-state index in [9.17, 15) is 9.59 Å². The van der Waals surface area contributed by atoms with Crippen molar-refractivity contribution < 1.29 is 19.1 Å². The summed E-state index contributed by atoms with van der Waals surface area (Å²) in [5.41, 5.74) is 0. The second-order valence-electron chi connectivity index (χ2n) is 3.14. The number of unbranched alkanes of at least 4 members (excludes halogenated alkanes) is 3. The topological polar surface area (TPSA) is 52.6 Å². The molecule has 4 nitrogen and oxygen atoms in total. The minimum absolute atomic E-state index is 0.328. The van der Waals surface area contributed by atoms with Crippen molar-refractivity contribution >= 4 is 11.9 Å². The third-order valence-corrected chi connectivity index (χ3v) is 1.90. The van der Waals surface area contributed by atoms with Gasteiger partial charge < -0.3 is 9.47 Å². The van der Waals surface area contributed by atoms with Gasteiger partial charge in [-0.05, 0) is 25.7 Å². The van der Waals surface area contributed by atoms with Crippen LogP contribution in [0.15, 0.2) is 24.3 Å². The zero-order chi connectivity index (χ0) is 12.2. The van der Waals surface area contributed by atoms with E-state index in [4.69, 9.17) is 0 Å². The van der Waals surface area contributed by atoms with Gasteiger partial charge in [0.25, 0.3) is 0 Å². The third kappa shape index (κ3) is 8.99. The molecule has 0 fully saturated rings. The average Bonchev–Trinajstić information content (AvgIpc) is 2.31. The summed E-state index contributed by atoms with van der Waals surface area (Å²) in [5, 5.41) is 0. The molecule has 90 valence electrons. The van der Waals surface area contributed by atoms with Gasteiger partial charge >= 0.3 is 11.9 Å². The van der Waals surface area contributed by atoms with E-state index >= 15 is 0 Å². The quantitative estimate of drug-likeness (QED) is 0.378. The Kier molecular flexibility index (Phi) is 8.97. The highest BCUT2D eigenvalue weighted by Crippen LogP contribution is 2.01. The molecule has 0 atom stereocenters. The fraction of sp³-hybridized carbons (Fsp3) is 0.500. The molecule has 0 N–H and O–H groups in total. The summed E-state index contributed by atoms with van der Waals surface area (Å²) in [6.07, 6.45) is 10.0. The fourth-order valence-corrected chi connectivity index (χ4v) is 1.02. The number of allylic oxidation sites excluding steroid dienone is 2. The summed E-state index contributed by atoms with van der Waals surface area (Å²) in [7, 11) is 2.70. The van der Waals surface area contributed by atoms with E-state index < -0.39 is 0 Å². The van der Waals surface area contributed by atoms with E-state index in [0.29, 0.717) is 0 Å². The SMILES string of the molecule is COC(=O)/C=C/CCCC/C=C/C(=O)OC. The smallest absolute Gasteiger partial charge is 0.330 e. The molecule has 0 spiro atoms. The number of hydrogen-bond donors (Lipinski definition) is 0. The number of rotatable bonds is 7. The molecule has 0 unspecified atom stereocenters. The van der Waals surface area contributed by atoms with E-state index in [1.165, 1.54) is 26.4 Å². The van der Waals surface area contributed by atoms with E-state index in [0.717, 1.165) is 25.7 Å². The first-order valence-corrected chi connectivity index (χ1v) is 5.19. The maximum Gasteiger partial charge on any atom is 0.330 e. The summed E-state index contributed by atoms with van der Waals surface area (Å²) in [6, 6.07) is 0. The second kappa shape index (κ2) is 9.96. The van der Waals surface area contributed by atoms with Crippen LogP contribution in [0.1, 0.15) is 25.7 Å². The van der Waals surface area contributed by atoms with Crippen LogP contribution in [-0.4, -0.2) is 26.2 Å². The lowest BCUT2D eigenvalue weighted by Crippen LogP contribution is -1.93. The number of ether oxygens (including phenoxy) is 2. The van der Waals surface area contributed by atoms with Crippen molar-refractivity contribution in [1.29, 1.82) is 0 Å². The van der Waals surface area contributed by atoms with Gasteiger partial charge in [0.1, 0.15) is 0 Å². The van der Waals surface area contributed by atoms with Gasteiger partial charge in [-0.15, -0.1) is 0 Å². The van der Waals surface area contributed by atoms with Crippen molar-refractivity contribution in [3.63, 3.8) is 0 Å². The van der Waals surface area contributed by atoms with Crippen LogP contribution in [0.3, 0.4) is 0 Å². The summed E-state index contributed by atoms with van der Waals surface area (Å²) >= 11 is 0. The predicted molar refractivity (Wildman–Crippen MR) is 60.8 cm³/mol. The van der Waals surface area contributed by atoms with Crippen molar-refractivity contribution in [2.24, 2.45) is 0 Å². The van der Waals surface area contributed by atoms with Crippen LogP contribution < -0.4 is 0 Å². The van der Waals surface area contributed by atoms with Gasteiger partial charge in [-0.3, -0.25) is 0 Å². The Morgan fingerprint density at radius 2 is 1.25 bits per heavy atom. The van der Waals surface area contributed by atoms with Gasteiger partial charge in [0, 0.05) is 12.2 Å². The number of carbonyl (C=O) groups is 2. The van der Waals surface area contributed by atoms with Crippen LogP contribution in [0.2, 0.25) is 0 Å². The molecule has 0 aliphatic rings. The number of carbonyl (C=O) groups excluding carboxylic acids is 2. The van der Waals surface area contributed by atoms with Crippen LogP contribution in [0.4, 0.5) is 0 Å². The summed E-state index contributed by atoms with van der Waals surface area (Å²) in [5.74, 6) is -0.656. The summed E-state index contributed by atoms with van der Waals surface area (Å²) < 4.78 is 8.89.